The first-order chi connectivity index (χ1) is 48.9. The number of nitrogens with zero attached hydrogens (tertiary/aromatic N) is 3. The van der Waals surface area contributed by atoms with Gasteiger partial charge in [-0.1, -0.05) is 64.4 Å². The maximum absolute atomic E-state index is 15.5. The molecule has 6 aliphatic rings. The number of phenols is 1. The number of pyridine rings is 2. The largest absolute Gasteiger partial charge is 1.00 e. The van der Waals surface area contributed by atoms with Crippen molar-refractivity contribution in [2.24, 2.45) is 10.7 Å². The molecule has 6 aliphatic heterocycles. The summed E-state index contributed by atoms with van der Waals surface area (Å²) in [6, 6.07) is 32.9. The van der Waals surface area contributed by atoms with Gasteiger partial charge in [-0.25, -0.2) is 70.3 Å². The predicted molar refractivity (Wildman–Crippen MR) is 385 cm³/mol. The number of hydrogen-bond acceptors (Lipinski definition) is 18. The van der Waals surface area contributed by atoms with Gasteiger partial charge in [0.2, 0.25) is 0 Å². The van der Waals surface area contributed by atoms with Gasteiger partial charge < -0.3 is 46.6 Å². The summed E-state index contributed by atoms with van der Waals surface area (Å²) in [5, 5.41) is 12.8. The quantitative estimate of drug-likeness (QED) is 0.0733. The zero-order valence-corrected chi connectivity index (χ0v) is 63.4. The summed E-state index contributed by atoms with van der Waals surface area (Å²) < 4.78 is 223. The molecule has 566 valence electrons. The molecule has 107 heavy (non-hydrogen) atoms. The third-order valence-electron chi connectivity index (χ3n) is 20.7. The number of aliphatic imine (C=N–C) groups is 1. The number of ether oxygens (including phenoxy) is 5. The molecule has 0 saturated carbocycles. The van der Waals surface area contributed by atoms with Gasteiger partial charge in [0.15, 0.2) is 41.1 Å². The van der Waals surface area contributed by atoms with Crippen molar-refractivity contribution >= 4 is 35.3 Å². The summed E-state index contributed by atoms with van der Waals surface area (Å²) in [7, 11) is -11.9. The number of hydrogen-bond donors (Lipinski definition) is 4. The Kier molecular flexibility index (Phi) is 24.2. The van der Waals surface area contributed by atoms with Gasteiger partial charge in [0, 0.05) is 40.5 Å². The number of aromatic nitrogens is 2. The minimum absolute atomic E-state index is 0. The summed E-state index contributed by atoms with van der Waals surface area (Å²) in [5.41, 5.74) is 3.54. The van der Waals surface area contributed by atoms with Crippen molar-refractivity contribution in [3.63, 3.8) is 0 Å². The second kappa shape index (κ2) is 31.0. The van der Waals surface area contributed by atoms with Gasteiger partial charge >= 0.3 is 51.4 Å². The first kappa shape index (κ1) is 83.4. The average molecular weight is 1570 g/mol. The Morgan fingerprint density at radius 3 is 1.22 bits per heavy atom. The van der Waals surface area contributed by atoms with Gasteiger partial charge in [-0.15, -0.1) is 0 Å². The van der Waals surface area contributed by atoms with Crippen LogP contribution in [-0.4, -0.2) is 96.0 Å². The van der Waals surface area contributed by atoms with E-state index in [1.165, 1.54) is 142 Å². The van der Waals surface area contributed by atoms with Crippen molar-refractivity contribution in [3.8, 4) is 29.0 Å². The van der Waals surface area contributed by atoms with Crippen LogP contribution in [0.2, 0.25) is 0 Å². The normalized spacial score (nSPS) is 26.4. The summed E-state index contributed by atoms with van der Waals surface area (Å²) in [6.07, 6.45) is 0.651. The second-order valence-corrected chi connectivity index (χ2v) is 35.7. The number of nitrogens with two attached hydrogens (primary N) is 1. The summed E-state index contributed by atoms with van der Waals surface area (Å²) in [4.78, 5) is 12.3. The zero-order valence-electron chi connectivity index (χ0n) is 58.8. The topological polar surface area (TPSA) is 257 Å². The number of benzene rings is 6. The third-order valence-corrected chi connectivity index (χ3v) is 29.7. The second-order valence-electron chi connectivity index (χ2n) is 27.7. The number of halogens is 8. The van der Waals surface area contributed by atoms with E-state index in [-0.39, 0.29) is 170 Å². The molecule has 5 fully saturated rings. The van der Waals surface area contributed by atoms with Gasteiger partial charge in [0.25, 0.3) is 11.8 Å². The number of rotatable bonds is 10. The first-order valence-corrected chi connectivity index (χ1v) is 37.3. The number of fused-ring (bicyclic) bond motifs is 3. The van der Waals surface area contributed by atoms with Crippen molar-refractivity contribution in [2.45, 2.75) is 141 Å². The van der Waals surface area contributed by atoms with E-state index in [4.69, 9.17) is 29.4 Å². The molecule has 0 bridgehead atoms. The van der Waals surface area contributed by atoms with E-state index in [0.717, 1.165) is 24.3 Å². The summed E-state index contributed by atoms with van der Waals surface area (Å²) in [5.74, 6) is -5.73. The molecule has 2 aromatic heterocycles. The molecule has 5 N–H and O–H groups in total. The minimum Gasteiger partial charge on any atom is -1.00 e. The maximum atomic E-state index is 15.5. The van der Waals surface area contributed by atoms with Crippen molar-refractivity contribution < 1.29 is 142 Å². The fourth-order valence-corrected chi connectivity index (χ4v) is 20.9. The Bertz CT molecular complexity index is 5090. The Hall–Kier alpha value is -7.62. The smallest absolute Gasteiger partial charge is 1.00 e. The van der Waals surface area contributed by atoms with Crippen LogP contribution < -0.4 is 77.2 Å². The van der Waals surface area contributed by atoms with Crippen LogP contribution >= 0.6 is 0 Å². The van der Waals surface area contributed by atoms with Crippen molar-refractivity contribution in [1.29, 1.82) is 0 Å². The van der Waals surface area contributed by atoms with Gasteiger partial charge in [0.05, 0.1) is 53.9 Å². The van der Waals surface area contributed by atoms with Crippen LogP contribution in [0.4, 0.5) is 35.1 Å². The Morgan fingerprint density at radius 1 is 0.477 bits per heavy atom. The fraction of sp³-hybridized carbons (Fsp3) is 0.338. The van der Waals surface area contributed by atoms with Crippen LogP contribution in [0.3, 0.4) is 0 Å². The molecule has 30 heteroatoms. The molecule has 0 unspecified atom stereocenters. The third kappa shape index (κ3) is 14.9. The monoisotopic (exact) mass is 1570 g/mol. The fourth-order valence-electron chi connectivity index (χ4n) is 14.1. The number of phenolic OH excluding ortho intramolecular Hbond substituents is 1. The van der Waals surface area contributed by atoms with Crippen LogP contribution in [-0.2, 0) is 60.3 Å². The van der Waals surface area contributed by atoms with Crippen LogP contribution in [0, 0.1) is 46.5 Å². The molecule has 0 amide bonds. The number of sulfone groups is 3. The van der Waals surface area contributed by atoms with Crippen molar-refractivity contribution in [3.05, 3.63) is 269 Å². The van der Waals surface area contributed by atoms with Crippen LogP contribution in [0.5, 0.6) is 29.0 Å². The average Bonchev–Trinajstić information content (AvgIpc) is 0.712. The molecular formula is C77H81F8KN6O12S3. The Labute approximate surface area is 660 Å². The molecule has 5 saturated heterocycles. The van der Waals surface area contributed by atoms with E-state index in [1.807, 2.05) is 0 Å². The summed E-state index contributed by atoms with van der Waals surface area (Å²) in [6.45, 7) is 16.2. The molecule has 14 rings (SSSR count). The van der Waals surface area contributed by atoms with Crippen LogP contribution in [0.25, 0.3) is 0 Å². The van der Waals surface area contributed by atoms with Gasteiger partial charge in [-0.3, -0.25) is 4.99 Å². The predicted octanol–water partition coefficient (Wildman–Crippen LogP) is 12.0. The molecule has 0 aliphatic carbocycles. The molecule has 0 spiro atoms. The molecular weight excluding hydrogens is 1490 g/mol. The molecule has 18 nitrogen and oxygen atoms in total. The van der Waals surface area contributed by atoms with Crippen molar-refractivity contribution in [2.75, 3.05) is 19.8 Å². The number of aromatic hydroxyl groups is 1. The van der Waals surface area contributed by atoms with Gasteiger partial charge in [0.1, 0.15) is 88.8 Å². The Morgan fingerprint density at radius 2 is 0.822 bits per heavy atom. The zero-order chi connectivity index (χ0) is 75.1. The van der Waals surface area contributed by atoms with E-state index in [0.29, 0.717) is 16.7 Å². The standard InChI is InChI=1S/C27H25F3N2O4S.C26H24F3N3O4S.C22H23F2NO4S.2CH4.K.H/c1-16-26(2,3)37(33,34)24-14-23(17-6-8-18(28)9-7-17)35-15-27(24,32-16)20-13-19(10-11-21(20)29)36-25-22(30)5-4-12-31-25;1-25(2)24(30)32-26(18-12-17(9-10-19(18)28)36-23-20(29)4-3-11-31-23)14-35-21(13-22(26)37(25,33)34)15-5-7-16(27)8-6-15;1-13-21(2,3)30(27,28)20-11-19(14-4-6-15(23)7-5-14)29-12-22(20,25-13)17-10-16(26)8-9-18(17)24;;;;/h4-13,23-24,32H,1,14-15H2,2-3H3;3-12,21-22H,13-14H2,1-2H3,(H2,30,32);4-10,19-20,25-26H,1,11-12H2,2-3H3;2*1H4;;/q;;;;;+1;-1/t23-,24-,27-;21-,22-,26-;19-,20-,22-;;;;/m111..../s1. The molecule has 9 atom stereocenters. The van der Waals surface area contributed by atoms with Crippen LogP contribution in [0.1, 0.15) is 129 Å². The maximum Gasteiger partial charge on any atom is 1.00 e. The molecule has 0 radical (unpaired) electrons. The van der Waals surface area contributed by atoms with E-state index < -0.39 is 141 Å². The van der Waals surface area contributed by atoms with E-state index in [9.17, 15) is 56.7 Å². The van der Waals surface area contributed by atoms with Gasteiger partial charge in [-0.05, 0) is 193 Å². The molecule has 8 aromatic rings. The van der Waals surface area contributed by atoms with Crippen molar-refractivity contribution in [1.82, 2.24) is 20.6 Å². The SMILES string of the molecule is C.C.C=C1N[C@@]2(c3cc(O)ccc3F)CO[C@@H](c3ccc(F)cc3)C[C@H]2S(=O)(=O)C1(C)C.C=C1N[C@@]2(c3cc(Oc4ncccc4F)ccc3F)CO[C@@H](c3ccc(F)cc3)C[C@H]2S(=O)(=O)C1(C)C.CC1(C)C(N)=N[C@@]2(c3cc(Oc4ncccc4F)ccc3F)CO[C@@H](c3ccc(F)cc3)C[C@H]2S1(=O)=O.[H-].[K+]. The molecule has 8 heterocycles. The summed E-state index contributed by atoms with van der Waals surface area (Å²) >= 11 is 0. The number of amidine groups is 1. The minimum atomic E-state index is -4.05. The Balaban J connectivity index is 0.000000202. The van der Waals surface area contributed by atoms with Crippen LogP contribution in [0.15, 0.2) is 194 Å². The van der Waals surface area contributed by atoms with E-state index in [2.05, 4.69) is 38.8 Å². The van der Waals surface area contributed by atoms with E-state index in [1.54, 1.807) is 39.8 Å². The van der Waals surface area contributed by atoms with E-state index >= 15 is 8.78 Å². The molecule has 6 aromatic carbocycles. The number of nitrogens with one attached hydrogen (secondary N) is 2. The van der Waals surface area contributed by atoms with Gasteiger partial charge in [-0.2, -0.15) is 0 Å². The first-order valence-electron chi connectivity index (χ1n) is 32.7.